The van der Waals surface area contributed by atoms with Gasteiger partial charge in [-0.2, -0.15) is 0 Å². The highest BCUT2D eigenvalue weighted by Gasteiger charge is 2.62. The van der Waals surface area contributed by atoms with E-state index in [-0.39, 0.29) is 53.9 Å². The topological polar surface area (TPSA) is 80.8 Å². The third kappa shape index (κ3) is 1.90. The van der Waals surface area contributed by atoms with Crippen LogP contribution in [0, 0.1) is 11.8 Å². The number of ether oxygens (including phenoxy) is 1. The first kappa shape index (κ1) is 13.1. The van der Waals surface area contributed by atoms with Crippen LogP contribution in [-0.4, -0.2) is 55.4 Å². The third-order valence-corrected chi connectivity index (χ3v) is 6.13. The van der Waals surface area contributed by atoms with Crippen LogP contribution >= 0.6 is 0 Å². The maximum atomic E-state index is 12.2. The van der Waals surface area contributed by atoms with Crippen LogP contribution in [0.3, 0.4) is 0 Å². The van der Waals surface area contributed by atoms with Crippen LogP contribution in [-0.2, 0) is 24.2 Å². The third-order valence-electron chi connectivity index (χ3n) is 4.44. The number of amides is 2. The van der Waals surface area contributed by atoms with Crippen molar-refractivity contribution in [3.8, 4) is 0 Å². The molecule has 0 aromatic heterocycles. The van der Waals surface area contributed by atoms with Crippen LogP contribution in [0.2, 0.25) is 0 Å². The van der Waals surface area contributed by atoms with E-state index in [9.17, 15) is 18.0 Å². The minimum Gasteiger partial charge on any atom is -0.373 e. The average Bonchev–Trinajstić information content (AvgIpc) is 3.03. The van der Waals surface area contributed by atoms with Gasteiger partial charge in [0.1, 0.15) is 0 Å². The van der Waals surface area contributed by atoms with Crippen LogP contribution in [0.4, 0.5) is 0 Å². The molecule has 3 aliphatic rings. The second kappa shape index (κ2) is 4.28. The largest absolute Gasteiger partial charge is 0.373 e. The number of rotatable bonds is 4. The van der Waals surface area contributed by atoms with Gasteiger partial charge in [0.25, 0.3) is 0 Å². The molecule has 19 heavy (non-hydrogen) atoms. The van der Waals surface area contributed by atoms with Crippen LogP contribution in [0.5, 0.6) is 0 Å². The van der Waals surface area contributed by atoms with Crippen LogP contribution in [0.25, 0.3) is 0 Å². The lowest BCUT2D eigenvalue weighted by atomic mass is 9.81. The van der Waals surface area contributed by atoms with Crippen molar-refractivity contribution in [3.63, 3.8) is 0 Å². The number of likely N-dealkylation sites (tertiary alicyclic amines) is 1. The molecule has 106 valence electrons. The molecule has 4 atom stereocenters. The summed E-state index contributed by atoms with van der Waals surface area (Å²) in [4.78, 5) is 25.6. The number of hydrogen-bond donors (Lipinski definition) is 0. The van der Waals surface area contributed by atoms with Gasteiger partial charge >= 0.3 is 0 Å². The molecular weight excluding hydrogens is 270 g/mol. The Morgan fingerprint density at radius 3 is 2.16 bits per heavy atom. The van der Waals surface area contributed by atoms with Gasteiger partial charge in [-0.3, -0.25) is 14.5 Å². The van der Waals surface area contributed by atoms with E-state index in [2.05, 4.69) is 0 Å². The second-order valence-corrected chi connectivity index (χ2v) is 7.88. The number of nitrogens with zero attached hydrogens (tertiary/aromatic N) is 1. The predicted octanol–water partition coefficient (Wildman–Crippen LogP) is -0.416. The van der Waals surface area contributed by atoms with E-state index >= 15 is 0 Å². The predicted molar refractivity (Wildman–Crippen MR) is 65.9 cm³/mol. The molecule has 0 unspecified atom stereocenters. The molecule has 2 bridgehead atoms. The van der Waals surface area contributed by atoms with Gasteiger partial charge in [-0.25, -0.2) is 8.42 Å². The van der Waals surface area contributed by atoms with Gasteiger partial charge in [0.2, 0.25) is 11.8 Å². The molecule has 0 N–H and O–H groups in total. The molecule has 2 amide bonds. The first-order valence-electron chi connectivity index (χ1n) is 6.65. The zero-order valence-corrected chi connectivity index (χ0v) is 11.6. The molecule has 3 rings (SSSR count). The Morgan fingerprint density at radius 1 is 1.16 bits per heavy atom. The van der Waals surface area contributed by atoms with Crippen molar-refractivity contribution in [3.05, 3.63) is 0 Å². The summed E-state index contributed by atoms with van der Waals surface area (Å²) in [5.41, 5.74) is 0. The van der Waals surface area contributed by atoms with Crippen molar-refractivity contribution in [2.24, 2.45) is 11.8 Å². The highest BCUT2D eigenvalue weighted by Crippen LogP contribution is 2.48. The molecular formula is C12H17NO5S. The fourth-order valence-electron chi connectivity index (χ4n) is 3.37. The highest BCUT2D eigenvalue weighted by molar-refractivity contribution is 7.91. The summed E-state index contributed by atoms with van der Waals surface area (Å²) in [6.07, 6.45) is 1.37. The molecule has 3 saturated heterocycles. The fourth-order valence-corrected chi connectivity index (χ4v) is 4.12. The molecule has 3 aliphatic heterocycles. The van der Waals surface area contributed by atoms with Gasteiger partial charge in [-0.15, -0.1) is 0 Å². The Balaban J connectivity index is 1.75. The van der Waals surface area contributed by atoms with Gasteiger partial charge in [-0.05, 0) is 12.8 Å². The van der Waals surface area contributed by atoms with E-state index in [0.717, 1.165) is 17.7 Å². The Hall–Kier alpha value is -0.950. The molecule has 6 nitrogen and oxygen atoms in total. The van der Waals surface area contributed by atoms with Crippen molar-refractivity contribution in [1.29, 1.82) is 0 Å². The zero-order valence-electron chi connectivity index (χ0n) is 10.7. The lowest BCUT2D eigenvalue weighted by Gasteiger charge is -2.17. The van der Waals surface area contributed by atoms with Crippen molar-refractivity contribution >= 4 is 21.7 Å². The van der Waals surface area contributed by atoms with Crippen LogP contribution in [0.15, 0.2) is 0 Å². The number of carbonyl (C=O) groups excluding carboxylic acids is 2. The molecule has 0 radical (unpaired) electrons. The van der Waals surface area contributed by atoms with E-state index in [0.29, 0.717) is 0 Å². The smallest absolute Gasteiger partial charge is 0.235 e. The Bertz CT molecular complexity index is 500. The summed E-state index contributed by atoms with van der Waals surface area (Å²) >= 11 is 0. The first-order chi connectivity index (χ1) is 8.94. The van der Waals surface area contributed by atoms with Crippen molar-refractivity contribution in [2.45, 2.75) is 32.0 Å². The first-order valence-corrected chi connectivity index (χ1v) is 8.48. The second-order valence-electron chi connectivity index (χ2n) is 5.41. The maximum Gasteiger partial charge on any atom is 0.235 e. The summed E-state index contributed by atoms with van der Waals surface area (Å²) in [5.74, 6) is -1.32. The zero-order chi connectivity index (χ0) is 13.8. The Kier molecular flexibility index (Phi) is 2.94. The van der Waals surface area contributed by atoms with E-state index in [1.54, 1.807) is 6.92 Å². The molecule has 0 spiro atoms. The van der Waals surface area contributed by atoms with Crippen molar-refractivity contribution < 1.29 is 22.7 Å². The molecule has 0 aliphatic carbocycles. The normalized spacial score (nSPS) is 37.2. The van der Waals surface area contributed by atoms with Gasteiger partial charge in [0, 0.05) is 12.3 Å². The van der Waals surface area contributed by atoms with E-state index in [1.807, 2.05) is 0 Å². The summed E-state index contributed by atoms with van der Waals surface area (Å²) in [6.45, 7) is 1.55. The lowest BCUT2D eigenvalue weighted by Crippen LogP contribution is -2.37. The Labute approximate surface area is 112 Å². The van der Waals surface area contributed by atoms with Gasteiger partial charge < -0.3 is 4.74 Å². The Morgan fingerprint density at radius 2 is 1.68 bits per heavy atom. The van der Waals surface area contributed by atoms with Crippen molar-refractivity contribution in [1.82, 2.24) is 4.90 Å². The van der Waals surface area contributed by atoms with Crippen LogP contribution in [0.1, 0.15) is 19.8 Å². The van der Waals surface area contributed by atoms with E-state index in [4.69, 9.17) is 4.74 Å². The molecule has 0 saturated carbocycles. The highest BCUT2D eigenvalue weighted by atomic mass is 32.2. The standard InChI is InChI=1S/C12H17NO5S/c1-2-19(16,17)6-5-13-11(14)9-7-3-4-8(18-7)10(9)12(13)15/h7-10H,2-6H2,1H3/t7-,8+,9-,10-/m0/s1. The molecule has 3 heterocycles. The van der Waals surface area contributed by atoms with Gasteiger partial charge in [0.05, 0.1) is 29.8 Å². The van der Waals surface area contributed by atoms with Gasteiger partial charge in [-0.1, -0.05) is 6.92 Å². The van der Waals surface area contributed by atoms with Crippen LogP contribution < -0.4 is 0 Å². The summed E-state index contributed by atoms with van der Waals surface area (Å²) in [7, 11) is -3.17. The molecule has 0 aromatic carbocycles. The molecule has 7 heteroatoms. The number of imide groups is 1. The number of sulfone groups is 1. The average molecular weight is 287 g/mol. The number of carbonyl (C=O) groups is 2. The SMILES string of the molecule is CCS(=O)(=O)CCN1C(=O)[C@@H]2[C@@H](C1=O)[C@H]1CC[C@@H]2O1. The van der Waals surface area contributed by atoms with Crippen molar-refractivity contribution in [2.75, 3.05) is 18.1 Å². The summed E-state index contributed by atoms with van der Waals surface area (Å²) < 4.78 is 28.6. The lowest BCUT2D eigenvalue weighted by molar-refractivity contribution is -0.142. The summed E-state index contributed by atoms with van der Waals surface area (Å²) in [6, 6.07) is 0. The maximum absolute atomic E-state index is 12.2. The summed E-state index contributed by atoms with van der Waals surface area (Å²) in [5, 5.41) is 0. The number of hydrogen-bond acceptors (Lipinski definition) is 5. The quantitative estimate of drug-likeness (QED) is 0.656. The van der Waals surface area contributed by atoms with E-state index in [1.165, 1.54) is 0 Å². The molecule has 3 fully saturated rings. The molecule has 0 aromatic rings. The fraction of sp³-hybridized carbons (Fsp3) is 0.833. The van der Waals surface area contributed by atoms with Gasteiger partial charge in [0.15, 0.2) is 9.84 Å². The van der Waals surface area contributed by atoms with E-state index < -0.39 is 9.84 Å². The minimum atomic E-state index is -3.17. The number of fused-ring (bicyclic) bond motifs is 5. The monoisotopic (exact) mass is 287 g/mol. The minimum absolute atomic E-state index is 0.0136.